The van der Waals surface area contributed by atoms with Crippen molar-refractivity contribution in [3.05, 3.63) is 0 Å². The summed E-state index contributed by atoms with van der Waals surface area (Å²) in [6, 6.07) is 0. The van der Waals surface area contributed by atoms with Crippen LogP contribution in [0.4, 0.5) is 0 Å². The van der Waals surface area contributed by atoms with Crippen molar-refractivity contribution in [2.45, 2.75) is 13.0 Å². The molecule has 7 heteroatoms. The van der Waals surface area contributed by atoms with Crippen LogP contribution in [0.2, 0.25) is 0 Å². The molecule has 77 valence electrons. The van der Waals surface area contributed by atoms with Gasteiger partial charge in [-0.2, -0.15) is 0 Å². The van der Waals surface area contributed by atoms with Crippen LogP contribution in [-0.2, 0) is 26.7 Å². The Morgan fingerprint density at radius 3 is 1.50 bits per heavy atom. The number of aliphatic hydroxyl groups is 1. The summed E-state index contributed by atoms with van der Waals surface area (Å²) in [5.41, 5.74) is 4.92. The number of carbonyl (C=O) groups excluding carboxylic acids is 2. The van der Waals surface area contributed by atoms with Gasteiger partial charge in [0.05, 0.1) is 6.10 Å². The summed E-state index contributed by atoms with van der Waals surface area (Å²) in [4.78, 5) is 16.5. The molecule has 0 bridgehead atoms. The first kappa shape index (κ1) is 22.5. The average molecular weight is 229 g/mol. The molecule has 1 unspecified atom stereocenters. The third kappa shape index (κ3) is 346. The minimum atomic E-state index is -0.500. The van der Waals surface area contributed by atoms with E-state index in [4.69, 9.17) is 30.6 Å². The van der Waals surface area contributed by atoms with E-state index in [1.807, 2.05) is 0 Å². The van der Waals surface area contributed by atoms with Crippen LogP contribution in [0.5, 0.6) is 0 Å². The topological polar surface area (TPSA) is 127 Å². The molecule has 0 aliphatic heterocycles. The Balaban J connectivity index is -0.0000000406. The Morgan fingerprint density at radius 1 is 1.42 bits per heavy atom. The van der Waals surface area contributed by atoms with Crippen LogP contribution in [-0.4, -0.2) is 30.7 Å². The first-order valence-electron chi connectivity index (χ1n) is 2.59. The Labute approximate surface area is 80.9 Å². The van der Waals surface area contributed by atoms with Crippen molar-refractivity contribution < 1.29 is 42.0 Å². The van der Waals surface area contributed by atoms with Crippen molar-refractivity contribution in [1.82, 2.24) is 0 Å². The van der Waals surface area contributed by atoms with Crippen molar-refractivity contribution in [2.75, 3.05) is 6.54 Å². The third-order valence-electron chi connectivity index (χ3n) is 0.341. The van der Waals surface area contributed by atoms with Gasteiger partial charge in [0, 0.05) is 19.5 Å². The predicted molar refractivity (Wildman–Crippen MR) is 32.9 cm³/mol. The van der Waals surface area contributed by atoms with Crippen LogP contribution in [0, 0.1) is 0 Å². The third-order valence-corrected chi connectivity index (χ3v) is 0.341. The molecule has 1 radical (unpaired) electrons. The van der Waals surface area contributed by atoms with Crippen LogP contribution in [0.15, 0.2) is 0 Å². The second-order valence-electron chi connectivity index (χ2n) is 1.28. The molecule has 3 N–H and O–H groups in total. The number of carboxylic acid groups (broad SMARTS) is 2. The molecule has 1 atom stereocenters. The molecule has 0 aromatic rings. The van der Waals surface area contributed by atoms with E-state index in [1.54, 1.807) is 6.92 Å². The van der Waals surface area contributed by atoms with Gasteiger partial charge < -0.3 is 30.6 Å². The van der Waals surface area contributed by atoms with Gasteiger partial charge in [-0.05, 0) is 6.92 Å². The summed E-state index contributed by atoms with van der Waals surface area (Å²) in [5, 5.41) is 24.7. The molecule has 12 heavy (non-hydrogen) atoms. The fourth-order valence-corrected chi connectivity index (χ4v) is 0. The van der Waals surface area contributed by atoms with Gasteiger partial charge in [-0.25, -0.2) is 0 Å². The normalized spacial score (nSPS) is 8.25. The molecule has 0 amide bonds. The number of hydrogen-bond acceptors (Lipinski definition) is 6. The number of carbonyl (C=O) groups is 2. The number of aliphatic hydroxyl groups excluding tert-OH is 1. The van der Waals surface area contributed by atoms with E-state index >= 15 is 0 Å². The fourth-order valence-electron chi connectivity index (χ4n) is 0. The summed E-state index contributed by atoms with van der Waals surface area (Å²) in [7, 11) is 0. The van der Waals surface area contributed by atoms with E-state index in [0.717, 1.165) is 0 Å². The van der Waals surface area contributed by atoms with E-state index < -0.39 is 12.9 Å². The molecule has 0 aromatic heterocycles. The second kappa shape index (κ2) is 31.6. The van der Waals surface area contributed by atoms with Gasteiger partial charge in [0.1, 0.15) is 0 Å². The largest absolute Gasteiger partial charge is 2.00 e. The van der Waals surface area contributed by atoms with Gasteiger partial charge in [-0.3, -0.25) is 0 Å². The predicted octanol–water partition coefficient (Wildman–Crippen LogP) is -3.94. The molecule has 0 aromatic carbocycles. The molecule has 6 nitrogen and oxygen atoms in total. The first-order chi connectivity index (χ1) is 5.10. The smallest absolute Gasteiger partial charge is 0.554 e. The fraction of sp³-hybridized carbons (Fsp3) is 0.600. The van der Waals surface area contributed by atoms with E-state index in [1.165, 1.54) is 0 Å². The Morgan fingerprint density at radius 2 is 1.50 bits per heavy atom. The van der Waals surface area contributed by atoms with Crippen LogP contribution in [0.25, 0.3) is 0 Å². The van der Waals surface area contributed by atoms with Crippen LogP contribution in [0.1, 0.15) is 6.92 Å². The van der Waals surface area contributed by atoms with Crippen LogP contribution in [0.3, 0.4) is 0 Å². The van der Waals surface area contributed by atoms with E-state index in [-0.39, 0.29) is 23.2 Å². The average Bonchev–Trinajstić information content (AvgIpc) is 1.91. The standard InChI is InChI=1S/C3H9NO.2CH2O2.Cu/c1-3(5)2-4;2*2-1-3;/h3,5H,2,4H2,1H3;2*1H,(H,2,3);/q;;;+2/p-2. The van der Waals surface area contributed by atoms with Gasteiger partial charge in [0.25, 0.3) is 0 Å². The molecule has 0 spiro atoms. The molecule has 0 aliphatic carbocycles. The summed E-state index contributed by atoms with van der Waals surface area (Å²) >= 11 is 0. The maximum atomic E-state index is 8.25. The van der Waals surface area contributed by atoms with Gasteiger partial charge in [-0.15, -0.1) is 0 Å². The monoisotopic (exact) mass is 228 g/mol. The molecule has 0 saturated heterocycles. The quantitative estimate of drug-likeness (QED) is 0.349. The number of nitrogens with two attached hydrogens (primary N) is 1. The zero-order chi connectivity index (χ0) is 9.70. The molecule has 0 fully saturated rings. The minimum Gasteiger partial charge on any atom is -0.554 e. The molecule has 0 aliphatic rings. The van der Waals surface area contributed by atoms with Crippen molar-refractivity contribution in [1.29, 1.82) is 0 Å². The zero-order valence-corrected chi connectivity index (χ0v) is 7.34. The summed E-state index contributed by atoms with van der Waals surface area (Å²) in [5.74, 6) is 0. The van der Waals surface area contributed by atoms with Crippen molar-refractivity contribution in [3.8, 4) is 0 Å². The van der Waals surface area contributed by atoms with E-state index in [9.17, 15) is 0 Å². The molecule has 0 heterocycles. The van der Waals surface area contributed by atoms with Crippen molar-refractivity contribution >= 4 is 12.9 Å². The molecular formula is C5H11CuNO5. The zero-order valence-electron chi connectivity index (χ0n) is 6.40. The number of hydrogen-bond donors (Lipinski definition) is 2. The van der Waals surface area contributed by atoms with Gasteiger partial charge >= 0.3 is 17.1 Å². The molecule has 0 rings (SSSR count). The van der Waals surface area contributed by atoms with Crippen LogP contribution < -0.4 is 15.9 Å². The summed E-state index contributed by atoms with van der Waals surface area (Å²) in [6.07, 6.45) is -0.338. The summed E-state index contributed by atoms with van der Waals surface area (Å²) in [6.45, 7) is 1.01. The van der Waals surface area contributed by atoms with E-state index in [2.05, 4.69) is 0 Å². The maximum absolute atomic E-state index is 8.25. The Hall–Kier alpha value is -0.621. The summed E-state index contributed by atoms with van der Waals surface area (Å²) < 4.78 is 0. The first-order valence-corrected chi connectivity index (χ1v) is 2.59. The molecule has 0 saturated carbocycles. The Kier molecular flexibility index (Phi) is 59.2. The second-order valence-corrected chi connectivity index (χ2v) is 1.28. The maximum Gasteiger partial charge on any atom is 2.00 e. The van der Waals surface area contributed by atoms with Gasteiger partial charge in [-0.1, -0.05) is 0 Å². The SMILES string of the molecule is CC(O)CN.O=C[O-].O=C[O-].[Cu+2]. The van der Waals surface area contributed by atoms with Crippen LogP contribution >= 0.6 is 0 Å². The van der Waals surface area contributed by atoms with Gasteiger partial charge in [0.2, 0.25) is 0 Å². The van der Waals surface area contributed by atoms with E-state index in [0.29, 0.717) is 6.54 Å². The molecular weight excluding hydrogens is 218 g/mol. The minimum absolute atomic E-state index is 0. The number of rotatable bonds is 1. The van der Waals surface area contributed by atoms with Crippen molar-refractivity contribution in [3.63, 3.8) is 0 Å². The Bertz CT molecular complexity index is 74.2. The van der Waals surface area contributed by atoms with Gasteiger partial charge in [0.15, 0.2) is 0 Å². The van der Waals surface area contributed by atoms with Crippen molar-refractivity contribution in [2.24, 2.45) is 5.73 Å².